The van der Waals surface area contributed by atoms with Gasteiger partial charge in [-0.3, -0.25) is 0 Å². The lowest BCUT2D eigenvalue weighted by atomic mass is 9.88. The highest BCUT2D eigenvalue weighted by molar-refractivity contribution is 7.88. The molecule has 1 aliphatic rings. The van der Waals surface area contributed by atoms with E-state index in [0.717, 1.165) is 22.3 Å². The molecule has 3 aromatic rings. The van der Waals surface area contributed by atoms with Crippen molar-refractivity contribution in [1.82, 2.24) is 0 Å². The second kappa shape index (κ2) is 6.84. The van der Waals surface area contributed by atoms with E-state index >= 15 is 0 Å². The Balaban J connectivity index is 1.93. The van der Waals surface area contributed by atoms with E-state index in [-0.39, 0.29) is 5.75 Å². The first-order valence-corrected chi connectivity index (χ1v) is 10.6. The highest BCUT2D eigenvalue weighted by Gasteiger charge is 2.29. The molecule has 0 bridgehead atoms. The van der Waals surface area contributed by atoms with E-state index in [1.165, 1.54) is 0 Å². The molecule has 138 valence electrons. The highest BCUT2D eigenvalue weighted by Crippen LogP contribution is 2.48. The molecule has 1 atom stereocenters. The minimum absolute atomic E-state index is 0.252. The Labute approximate surface area is 167 Å². The molecule has 0 aliphatic carbocycles. The highest BCUT2D eigenvalue weighted by atomic mass is 35.5. The van der Waals surface area contributed by atoms with Gasteiger partial charge in [0.05, 0.1) is 10.8 Å². The van der Waals surface area contributed by atoms with Gasteiger partial charge >= 0.3 is 0 Å². The lowest BCUT2D eigenvalue weighted by Crippen LogP contribution is -2.18. The summed E-state index contributed by atoms with van der Waals surface area (Å²) in [4.78, 5) is 0. The van der Waals surface area contributed by atoms with Crippen LogP contribution in [-0.4, -0.2) is 8.42 Å². The first-order valence-electron chi connectivity index (χ1n) is 8.16. The van der Waals surface area contributed by atoms with E-state index < -0.39 is 16.1 Å². The second-order valence-electron chi connectivity index (χ2n) is 6.39. The Bertz CT molecular complexity index is 1150. The van der Waals surface area contributed by atoms with Gasteiger partial charge in [0.25, 0.3) is 0 Å². The largest absolute Gasteiger partial charge is 0.480 e. The summed E-state index contributed by atoms with van der Waals surface area (Å²) < 4.78 is 29.3. The van der Waals surface area contributed by atoms with Crippen LogP contribution in [-0.2, 0) is 15.8 Å². The van der Waals surface area contributed by atoms with Crippen LogP contribution in [0.1, 0.15) is 22.8 Å². The molecule has 27 heavy (non-hydrogen) atoms. The summed E-state index contributed by atoms with van der Waals surface area (Å²) in [6.45, 7) is 0. The molecular formula is C20H15Cl2NO3S. The molecule has 4 nitrogen and oxygen atoms in total. The third kappa shape index (κ3) is 3.69. The molecule has 1 heterocycles. The van der Waals surface area contributed by atoms with Crippen LogP contribution in [0.2, 0.25) is 10.0 Å². The molecule has 4 rings (SSSR count). The molecule has 0 saturated carbocycles. The van der Waals surface area contributed by atoms with Crippen LogP contribution >= 0.6 is 23.2 Å². The van der Waals surface area contributed by atoms with Gasteiger partial charge in [-0.15, -0.1) is 0 Å². The minimum Gasteiger partial charge on any atom is -0.480 e. The predicted molar refractivity (Wildman–Crippen MR) is 108 cm³/mol. The van der Waals surface area contributed by atoms with E-state index in [4.69, 9.17) is 33.1 Å². The number of sulfonamides is 1. The topological polar surface area (TPSA) is 69.4 Å². The van der Waals surface area contributed by atoms with Gasteiger partial charge in [0.2, 0.25) is 10.0 Å². The van der Waals surface area contributed by atoms with Crippen molar-refractivity contribution in [3.63, 3.8) is 0 Å². The third-order valence-electron chi connectivity index (χ3n) is 4.41. The molecule has 0 saturated heterocycles. The maximum atomic E-state index is 11.5. The Morgan fingerprint density at radius 1 is 1.00 bits per heavy atom. The summed E-state index contributed by atoms with van der Waals surface area (Å²) in [6.07, 6.45) is -0.440. The van der Waals surface area contributed by atoms with Gasteiger partial charge in [0, 0.05) is 16.1 Å². The average molecular weight is 420 g/mol. The zero-order chi connectivity index (χ0) is 19.2. The van der Waals surface area contributed by atoms with E-state index in [9.17, 15) is 8.42 Å². The fourth-order valence-corrected chi connectivity index (χ4v) is 4.46. The van der Waals surface area contributed by atoms with Crippen molar-refractivity contribution in [3.05, 3.63) is 87.4 Å². The molecule has 0 spiro atoms. The Kier molecular flexibility index (Phi) is 4.64. The number of hydrogen-bond donors (Lipinski definition) is 1. The number of halogens is 2. The van der Waals surface area contributed by atoms with Crippen molar-refractivity contribution >= 4 is 33.2 Å². The summed E-state index contributed by atoms with van der Waals surface area (Å²) in [6, 6.07) is 18.3. The lowest BCUT2D eigenvalue weighted by molar-refractivity contribution is 0.243. The maximum absolute atomic E-state index is 11.5. The van der Waals surface area contributed by atoms with Gasteiger partial charge in [-0.2, -0.15) is 0 Å². The molecule has 0 aromatic heterocycles. The summed E-state index contributed by atoms with van der Waals surface area (Å²) in [5.74, 6) is 0.414. The maximum Gasteiger partial charge on any atom is 0.213 e. The number of fused-ring (bicyclic) bond motifs is 3. The molecule has 0 fully saturated rings. The minimum atomic E-state index is -3.65. The molecule has 1 unspecified atom stereocenters. The summed E-state index contributed by atoms with van der Waals surface area (Å²) >= 11 is 12.6. The van der Waals surface area contributed by atoms with Crippen molar-refractivity contribution in [2.75, 3.05) is 0 Å². The van der Waals surface area contributed by atoms with Crippen molar-refractivity contribution in [3.8, 4) is 16.9 Å². The van der Waals surface area contributed by atoms with Crippen LogP contribution in [0, 0.1) is 0 Å². The molecule has 0 amide bonds. The van der Waals surface area contributed by atoms with Crippen LogP contribution in [0.4, 0.5) is 0 Å². The van der Waals surface area contributed by atoms with Crippen LogP contribution in [0.25, 0.3) is 11.1 Å². The van der Waals surface area contributed by atoms with Gasteiger partial charge in [-0.25, -0.2) is 13.6 Å². The normalized spacial score (nSPS) is 15.6. The van der Waals surface area contributed by atoms with E-state index in [1.54, 1.807) is 24.3 Å². The molecule has 2 N–H and O–H groups in total. The summed E-state index contributed by atoms with van der Waals surface area (Å²) in [7, 11) is -3.65. The Morgan fingerprint density at radius 2 is 1.78 bits per heavy atom. The van der Waals surface area contributed by atoms with Gasteiger partial charge in [-0.05, 0) is 41.0 Å². The number of benzene rings is 3. The molecule has 7 heteroatoms. The number of rotatable bonds is 3. The Morgan fingerprint density at radius 3 is 2.52 bits per heavy atom. The fourth-order valence-electron chi connectivity index (χ4n) is 3.35. The number of hydrogen-bond acceptors (Lipinski definition) is 3. The summed E-state index contributed by atoms with van der Waals surface area (Å²) in [5.41, 5.74) is 3.95. The Hall–Kier alpha value is -2.05. The summed E-state index contributed by atoms with van der Waals surface area (Å²) in [5, 5.41) is 6.37. The predicted octanol–water partition coefficient (Wildman–Crippen LogP) is 4.93. The van der Waals surface area contributed by atoms with Gasteiger partial charge in [0.15, 0.2) is 0 Å². The first-order chi connectivity index (χ1) is 12.8. The molecular weight excluding hydrogens is 405 g/mol. The number of ether oxygens (including phenoxy) is 1. The smallest absolute Gasteiger partial charge is 0.213 e. The van der Waals surface area contributed by atoms with E-state index in [2.05, 4.69) is 0 Å². The van der Waals surface area contributed by atoms with E-state index in [1.807, 2.05) is 36.4 Å². The van der Waals surface area contributed by atoms with Crippen molar-refractivity contribution in [2.24, 2.45) is 5.14 Å². The van der Waals surface area contributed by atoms with Crippen molar-refractivity contribution in [2.45, 2.75) is 11.9 Å². The standard InChI is InChI=1S/C20H15Cl2NO3S/c21-14-4-1-3-13(10-14)20-16-9-12(11-27(23,24)25)7-8-15(16)19-17(22)5-2-6-18(19)26-20/h1-10,20H,11H2,(H2,23,24,25). The van der Waals surface area contributed by atoms with Crippen LogP contribution < -0.4 is 9.88 Å². The molecule has 1 aliphatic heterocycles. The van der Waals surface area contributed by atoms with Crippen LogP contribution in [0.15, 0.2) is 60.7 Å². The first kappa shape index (κ1) is 18.3. The van der Waals surface area contributed by atoms with Crippen LogP contribution in [0.5, 0.6) is 5.75 Å². The monoisotopic (exact) mass is 419 g/mol. The van der Waals surface area contributed by atoms with Crippen LogP contribution in [0.3, 0.4) is 0 Å². The SMILES string of the molecule is NS(=O)(=O)Cc1ccc2c(c1)C(c1cccc(Cl)c1)Oc1cccc(Cl)c1-2. The average Bonchev–Trinajstić information content (AvgIpc) is 2.59. The number of primary sulfonamides is 1. The van der Waals surface area contributed by atoms with E-state index in [0.29, 0.717) is 21.4 Å². The number of nitrogens with two attached hydrogens (primary N) is 1. The fraction of sp³-hybridized carbons (Fsp3) is 0.100. The zero-order valence-electron chi connectivity index (χ0n) is 14.0. The third-order valence-corrected chi connectivity index (χ3v) is 5.69. The van der Waals surface area contributed by atoms with Crippen molar-refractivity contribution < 1.29 is 13.2 Å². The zero-order valence-corrected chi connectivity index (χ0v) is 16.4. The van der Waals surface area contributed by atoms with Crippen molar-refractivity contribution in [1.29, 1.82) is 0 Å². The molecule has 0 radical (unpaired) electrons. The second-order valence-corrected chi connectivity index (χ2v) is 8.85. The van der Waals surface area contributed by atoms with Gasteiger partial charge < -0.3 is 4.74 Å². The molecule has 3 aromatic carbocycles. The van der Waals surface area contributed by atoms with Gasteiger partial charge in [0.1, 0.15) is 11.9 Å². The lowest BCUT2D eigenvalue weighted by Gasteiger charge is -2.30. The quantitative estimate of drug-likeness (QED) is 0.653. The van der Waals surface area contributed by atoms with Gasteiger partial charge in [-0.1, -0.05) is 59.6 Å².